The summed E-state index contributed by atoms with van der Waals surface area (Å²) < 4.78 is 1.95. The zero-order valence-electron chi connectivity index (χ0n) is 7.68. The molecule has 1 aromatic rings. The molecule has 0 aliphatic heterocycles. The molecule has 0 aliphatic carbocycles. The van der Waals surface area contributed by atoms with E-state index in [9.17, 15) is 0 Å². The fraction of sp³-hybridized carbons (Fsp3) is 0.444. The first-order valence-corrected chi connectivity index (χ1v) is 3.98. The van der Waals surface area contributed by atoms with Crippen LogP contribution in [0.25, 0.3) is 0 Å². The first-order valence-electron chi connectivity index (χ1n) is 3.98. The highest BCUT2D eigenvalue weighted by atomic mass is 15.1. The first-order chi connectivity index (χ1) is 5.63. The lowest BCUT2D eigenvalue weighted by Gasteiger charge is -2.03. The number of nitrogen functional groups attached to an aromatic ring is 1. The lowest BCUT2D eigenvalue weighted by Crippen LogP contribution is -2.02. The lowest BCUT2D eigenvalue weighted by atomic mass is 10.2. The predicted molar refractivity (Wildman–Crippen MR) is 48.7 cm³/mol. The smallest absolute Gasteiger partial charge is 0.121 e. The van der Waals surface area contributed by atoms with Gasteiger partial charge < -0.3 is 10.3 Å². The van der Waals surface area contributed by atoms with Crippen molar-refractivity contribution in [1.29, 1.82) is 5.26 Å². The van der Waals surface area contributed by atoms with Crippen LogP contribution in [0.4, 0.5) is 5.82 Å². The maximum Gasteiger partial charge on any atom is 0.121 e. The van der Waals surface area contributed by atoms with E-state index in [0.717, 1.165) is 17.8 Å². The van der Waals surface area contributed by atoms with Gasteiger partial charge in [-0.1, -0.05) is 0 Å². The molecule has 2 N–H and O–H groups in total. The molecule has 0 unspecified atom stereocenters. The molecule has 0 bridgehead atoms. The summed E-state index contributed by atoms with van der Waals surface area (Å²) >= 11 is 0. The maximum atomic E-state index is 8.79. The molecule has 1 rings (SSSR count). The summed E-state index contributed by atoms with van der Waals surface area (Å²) in [6.45, 7) is 6.75. The zero-order valence-corrected chi connectivity index (χ0v) is 7.68. The Morgan fingerprint density at radius 1 is 1.50 bits per heavy atom. The quantitative estimate of drug-likeness (QED) is 0.683. The van der Waals surface area contributed by atoms with Gasteiger partial charge in [0.15, 0.2) is 0 Å². The standard InChI is InChI=1S/C9H13N3/c1-4-12-7(3)6(2)8(5-10)9(12)11/h4,11H2,1-3H3. The number of nitrogens with zero attached hydrogens (tertiary/aromatic N) is 2. The highest BCUT2D eigenvalue weighted by Crippen LogP contribution is 2.22. The molecule has 0 fully saturated rings. The van der Waals surface area contributed by atoms with Crippen LogP contribution in [0.3, 0.4) is 0 Å². The van der Waals surface area contributed by atoms with Crippen LogP contribution in [0.5, 0.6) is 0 Å². The van der Waals surface area contributed by atoms with Crippen LogP contribution >= 0.6 is 0 Å². The van der Waals surface area contributed by atoms with E-state index in [-0.39, 0.29) is 0 Å². The van der Waals surface area contributed by atoms with Crippen molar-refractivity contribution in [2.75, 3.05) is 5.73 Å². The average Bonchev–Trinajstić information content (AvgIpc) is 2.25. The Labute approximate surface area is 72.4 Å². The average molecular weight is 163 g/mol. The molecule has 0 amide bonds. The molecule has 3 heteroatoms. The van der Waals surface area contributed by atoms with Gasteiger partial charge in [-0.15, -0.1) is 0 Å². The SMILES string of the molecule is CCn1c(C)c(C)c(C#N)c1N. The van der Waals surface area contributed by atoms with Crippen LogP contribution in [0.15, 0.2) is 0 Å². The molecular formula is C9H13N3. The van der Waals surface area contributed by atoms with Crippen LogP contribution in [-0.4, -0.2) is 4.57 Å². The Morgan fingerprint density at radius 2 is 2.08 bits per heavy atom. The number of hydrogen-bond acceptors (Lipinski definition) is 2. The molecule has 0 aliphatic rings. The molecule has 0 aromatic carbocycles. The van der Waals surface area contributed by atoms with Gasteiger partial charge >= 0.3 is 0 Å². The molecule has 1 heterocycles. The highest BCUT2D eigenvalue weighted by molar-refractivity contribution is 5.57. The van der Waals surface area contributed by atoms with Gasteiger partial charge in [0.25, 0.3) is 0 Å². The van der Waals surface area contributed by atoms with E-state index in [1.807, 2.05) is 25.3 Å². The summed E-state index contributed by atoms with van der Waals surface area (Å²) in [5.41, 5.74) is 8.47. The molecule has 0 spiro atoms. The Kier molecular flexibility index (Phi) is 2.09. The summed E-state index contributed by atoms with van der Waals surface area (Å²) in [5, 5.41) is 8.79. The number of hydrogen-bond donors (Lipinski definition) is 1. The van der Waals surface area contributed by atoms with Gasteiger partial charge in [-0.3, -0.25) is 0 Å². The van der Waals surface area contributed by atoms with Crippen molar-refractivity contribution in [3.63, 3.8) is 0 Å². The number of rotatable bonds is 1. The van der Waals surface area contributed by atoms with Gasteiger partial charge in [0, 0.05) is 12.2 Å². The fourth-order valence-electron chi connectivity index (χ4n) is 1.44. The summed E-state index contributed by atoms with van der Waals surface area (Å²) in [6, 6.07) is 2.11. The van der Waals surface area contributed by atoms with Crippen LogP contribution in [0.2, 0.25) is 0 Å². The predicted octanol–water partition coefficient (Wildman–Crippen LogP) is 1.58. The van der Waals surface area contributed by atoms with E-state index in [1.54, 1.807) is 0 Å². The van der Waals surface area contributed by atoms with Crippen molar-refractivity contribution in [2.24, 2.45) is 0 Å². The topological polar surface area (TPSA) is 54.7 Å². The van der Waals surface area contributed by atoms with Gasteiger partial charge in [0.05, 0.1) is 5.56 Å². The van der Waals surface area contributed by atoms with Crippen molar-refractivity contribution in [1.82, 2.24) is 4.57 Å². The molecular weight excluding hydrogens is 150 g/mol. The van der Waals surface area contributed by atoms with Gasteiger partial charge in [0.2, 0.25) is 0 Å². The number of aromatic nitrogens is 1. The number of nitrogens with two attached hydrogens (primary N) is 1. The van der Waals surface area contributed by atoms with Gasteiger partial charge in [-0.25, -0.2) is 0 Å². The minimum Gasteiger partial charge on any atom is -0.384 e. The Balaban J connectivity index is 3.45. The lowest BCUT2D eigenvalue weighted by molar-refractivity contribution is 0.750. The summed E-state index contributed by atoms with van der Waals surface area (Å²) in [4.78, 5) is 0. The fourth-order valence-corrected chi connectivity index (χ4v) is 1.44. The number of nitriles is 1. The third-order valence-corrected chi connectivity index (χ3v) is 2.30. The monoisotopic (exact) mass is 163 g/mol. The third-order valence-electron chi connectivity index (χ3n) is 2.30. The van der Waals surface area contributed by atoms with Crippen LogP contribution in [0, 0.1) is 25.2 Å². The molecule has 64 valence electrons. The second-order valence-corrected chi connectivity index (χ2v) is 2.83. The summed E-state index contributed by atoms with van der Waals surface area (Å²) in [5.74, 6) is 0.593. The van der Waals surface area contributed by atoms with Crippen molar-refractivity contribution < 1.29 is 0 Å². The van der Waals surface area contributed by atoms with Gasteiger partial charge in [-0.05, 0) is 26.3 Å². The normalized spacial score (nSPS) is 9.83. The van der Waals surface area contributed by atoms with E-state index in [2.05, 4.69) is 6.07 Å². The minimum absolute atomic E-state index is 0.593. The maximum absolute atomic E-state index is 8.79. The van der Waals surface area contributed by atoms with E-state index < -0.39 is 0 Å². The van der Waals surface area contributed by atoms with Crippen molar-refractivity contribution in [3.05, 3.63) is 16.8 Å². The highest BCUT2D eigenvalue weighted by Gasteiger charge is 2.12. The molecule has 1 aromatic heterocycles. The molecule has 0 saturated heterocycles. The van der Waals surface area contributed by atoms with E-state index in [0.29, 0.717) is 11.4 Å². The molecule has 0 radical (unpaired) electrons. The minimum atomic E-state index is 0.593. The molecule has 3 nitrogen and oxygen atoms in total. The van der Waals surface area contributed by atoms with Crippen LogP contribution in [-0.2, 0) is 6.54 Å². The van der Waals surface area contributed by atoms with Crippen molar-refractivity contribution >= 4 is 5.82 Å². The zero-order chi connectivity index (χ0) is 9.30. The number of anilines is 1. The Morgan fingerprint density at radius 3 is 2.33 bits per heavy atom. The molecule has 0 atom stereocenters. The van der Waals surface area contributed by atoms with E-state index in [4.69, 9.17) is 11.0 Å². The van der Waals surface area contributed by atoms with Gasteiger partial charge in [0.1, 0.15) is 11.9 Å². The largest absolute Gasteiger partial charge is 0.384 e. The molecule has 12 heavy (non-hydrogen) atoms. The van der Waals surface area contributed by atoms with Gasteiger partial charge in [-0.2, -0.15) is 5.26 Å². The van der Waals surface area contributed by atoms with Crippen LogP contribution < -0.4 is 5.73 Å². The summed E-state index contributed by atoms with van der Waals surface area (Å²) in [7, 11) is 0. The summed E-state index contributed by atoms with van der Waals surface area (Å²) in [6.07, 6.45) is 0. The van der Waals surface area contributed by atoms with E-state index in [1.165, 1.54) is 0 Å². The van der Waals surface area contributed by atoms with Crippen LogP contribution in [0.1, 0.15) is 23.7 Å². The van der Waals surface area contributed by atoms with Crippen molar-refractivity contribution in [3.8, 4) is 6.07 Å². The Bertz CT molecular complexity index is 342. The Hall–Kier alpha value is -1.43. The second-order valence-electron chi connectivity index (χ2n) is 2.83. The third kappa shape index (κ3) is 0.964. The first kappa shape index (κ1) is 8.66. The second kappa shape index (κ2) is 2.90. The van der Waals surface area contributed by atoms with E-state index >= 15 is 0 Å². The molecule has 0 saturated carbocycles. The van der Waals surface area contributed by atoms with Crippen molar-refractivity contribution in [2.45, 2.75) is 27.3 Å².